The average Bonchev–Trinajstić information content (AvgIpc) is 3.03. The van der Waals surface area contributed by atoms with E-state index in [1.54, 1.807) is 0 Å². The molecular formula is C22H20ClNO6. The summed E-state index contributed by atoms with van der Waals surface area (Å²) in [5, 5.41) is 10.4. The molecule has 0 amide bonds. The second-order valence-corrected chi connectivity index (χ2v) is 7.07. The molecular weight excluding hydrogens is 410 g/mol. The number of pyridine rings is 1. The van der Waals surface area contributed by atoms with Gasteiger partial charge in [-0.1, -0.05) is 0 Å². The van der Waals surface area contributed by atoms with Crippen molar-refractivity contribution < 1.29 is 28.8 Å². The Labute approximate surface area is 178 Å². The first-order valence-corrected chi connectivity index (χ1v) is 9.45. The third kappa shape index (κ3) is 3.45. The molecule has 0 fully saturated rings. The molecule has 5 rings (SSSR count). The van der Waals surface area contributed by atoms with Gasteiger partial charge in [-0.05, 0) is 42.3 Å². The minimum Gasteiger partial charge on any atom is -0.490 e. The number of aliphatic carboxylic acids is 1. The number of rotatable bonds is 3. The van der Waals surface area contributed by atoms with E-state index >= 15 is 0 Å². The molecule has 8 heteroatoms. The number of nitrogens with zero attached hydrogens (tertiary/aromatic N) is 1. The van der Waals surface area contributed by atoms with Gasteiger partial charge in [-0.2, -0.15) is 0 Å². The molecule has 0 bridgehead atoms. The Bertz CT molecular complexity index is 1150. The SMILES string of the molecule is Cc1c(CC(=O)O)c(-c2ccc3c(c2)OCCCO3)nc2cc3c(cc12)OCO3.Cl. The maximum Gasteiger partial charge on any atom is 0.307 e. The number of carbonyl (C=O) groups is 1. The van der Waals surface area contributed by atoms with Crippen LogP contribution in [-0.2, 0) is 11.2 Å². The van der Waals surface area contributed by atoms with E-state index in [-0.39, 0.29) is 25.6 Å². The van der Waals surface area contributed by atoms with Crippen LogP contribution in [0, 0.1) is 6.92 Å². The number of halogens is 1. The number of carboxylic acids is 1. The fraction of sp³-hybridized carbons (Fsp3) is 0.273. The Morgan fingerprint density at radius 1 is 1.00 bits per heavy atom. The summed E-state index contributed by atoms with van der Waals surface area (Å²) in [6, 6.07) is 9.30. The Hall–Kier alpha value is -3.19. The van der Waals surface area contributed by atoms with Gasteiger partial charge in [0.25, 0.3) is 0 Å². The van der Waals surface area contributed by atoms with Gasteiger partial charge in [0, 0.05) is 23.4 Å². The number of aryl methyl sites for hydroxylation is 1. The molecule has 1 N–H and O–H groups in total. The first-order chi connectivity index (χ1) is 14.1. The van der Waals surface area contributed by atoms with Crippen LogP contribution in [0.4, 0.5) is 0 Å². The van der Waals surface area contributed by atoms with E-state index in [4.69, 9.17) is 23.9 Å². The van der Waals surface area contributed by atoms with E-state index in [2.05, 4.69) is 0 Å². The molecule has 156 valence electrons. The van der Waals surface area contributed by atoms with Gasteiger partial charge in [0.1, 0.15) is 0 Å². The van der Waals surface area contributed by atoms with Crippen molar-refractivity contribution in [1.82, 2.24) is 4.98 Å². The van der Waals surface area contributed by atoms with Gasteiger partial charge in [0.2, 0.25) is 6.79 Å². The van der Waals surface area contributed by atoms with Crippen molar-refractivity contribution in [2.75, 3.05) is 20.0 Å². The maximum atomic E-state index is 11.6. The number of carboxylic acid groups (broad SMARTS) is 1. The molecule has 3 aromatic rings. The number of aromatic nitrogens is 1. The van der Waals surface area contributed by atoms with Crippen LogP contribution in [0.15, 0.2) is 30.3 Å². The van der Waals surface area contributed by atoms with E-state index in [1.165, 1.54) is 0 Å². The van der Waals surface area contributed by atoms with Crippen molar-refractivity contribution in [1.29, 1.82) is 0 Å². The first kappa shape index (κ1) is 20.1. The summed E-state index contributed by atoms with van der Waals surface area (Å²) >= 11 is 0. The van der Waals surface area contributed by atoms with Gasteiger partial charge in [-0.3, -0.25) is 4.79 Å². The molecule has 2 aromatic carbocycles. The second kappa shape index (κ2) is 7.91. The highest BCUT2D eigenvalue weighted by Crippen LogP contribution is 2.40. The van der Waals surface area contributed by atoms with Crippen LogP contribution >= 0.6 is 12.4 Å². The van der Waals surface area contributed by atoms with Gasteiger partial charge >= 0.3 is 5.97 Å². The van der Waals surface area contributed by atoms with Gasteiger partial charge in [0.15, 0.2) is 23.0 Å². The molecule has 7 nitrogen and oxygen atoms in total. The predicted octanol–water partition coefficient (Wildman–Crippen LogP) is 4.15. The standard InChI is InChI=1S/C22H19NO6.ClH/c1-12-14-8-19-20(29-11-28-19)10-16(14)23-22(15(12)9-21(24)25)13-3-4-17-18(7-13)27-6-2-5-26-17;/h3-4,7-8,10H,2,5-6,9,11H2,1H3,(H,24,25);1H. The number of fused-ring (bicyclic) bond motifs is 3. The smallest absolute Gasteiger partial charge is 0.307 e. The zero-order valence-corrected chi connectivity index (χ0v) is 17.1. The lowest BCUT2D eigenvalue weighted by molar-refractivity contribution is -0.136. The number of ether oxygens (including phenoxy) is 4. The highest BCUT2D eigenvalue weighted by molar-refractivity contribution is 5.91. The zero-order chi connectivity index (χ0) is 20.0. The monoisotopic (exact) mass is 429 g/mol. The van der Waals surface area contributed by atoms with Gasteiger partial charge < -0.3 is 24.1 Å². The van der Waals surface area contributed by atoms with Crippen LogP contribution in [0.25, 0.3) is 22.2 Å². The summed E-state index contributed by atoms with van der Waals surface area (Å²) in [7, 11) is 0. The minimum absolute atomic E-state index is 0. The Morgan fingerprint density at radius 2 is 1.70 bits per heavy atom. The second-order valence-electron chi connectivity index (χ2n) is 7.07. The molecule has 2 aliphatic heterocycles. The number of benzene rings is 2. The van der Waals surface area contributed by atoms with E-state index in [9.17, 15) is 9.90 Å². The Morgan fingerprint density at radius 3 is 2.47 bits per heavy atom. The summed E-state index contributed by atoms with van der Waals surface area (Å²) < 4.78 is 22.5. The molecule has 0 unspecified atom stereocenters. The van der Waals surface area contributed by atoms with Crippen molar-refractivity contribution in [2.45, 2.75) is 19.8 Å². The van der Waals surface area contributed by atoms with Crippen LogP contribution in [-0.4, -0.2) is 36.1 Å². The molecule has 0 aliphatic carbocycles. The quantitative estimate of drug-likeness (QED) is 0.669. The third-order valence-corrected chi connectivity index (χ3v) is 5.21. The molecule has 0 spiro atoms. The lowest BCUT2D eigenvalue weighted by Crippen LogP contribution is -2.06. The molecule has 0 radical (unpaired) electrons. The van der Waals surface area contributed by atoms with Crippen molar-refractivity contribution in [3.8, 4) is 34.3 Å². The predicted molar refractivity (Wildman–Crippen MR) is 112 cm³/mol. The summed E-state index contributed by atoms with van der Waals surface area (Å²) in [5.41, 5.74) is 3.65. The van der Waals surface area contributed by atoms with Crippen LogP contribution < -0.4 is 18.9 Å². The molecule has 0 saturated carbocycles. The summed E-state index contributed by atoms with van der Waals surface area (Å²) in [6.07, 6.45) is 0.682. The third-order valence-electron chi connectivity index (χ3n) is 5.21. The van der Waals surface area contributed by atoms with E-state index < -0.39 is 5.97 Å². The van der Waals surface area contributed by atoms with Crippen molar-refractivity contribution in [3.63, 3.8) is 0 Å². The Balaban J connectivity index is 0.00000218. The maximum absolute atomic E-state index is 11.6. The largest absolute Gasteiger partial charge is 0.490 e. The van der Waals surface area contributed by atoms with Crippen LogP contribution in [0.5, 0.6) is 23.0 Å². The van der Waals surface area contributed by atoms with Gasteiger partial charge in [-0.15, -0.1) is 12.4 Å². The van der Waals surface area contributed by atoms with Gasteiger partial charge in [0.05, 0.1) is 30.8 Å². The van der Waals surface area contributed by atoms with Crippen LogP contribution in [0.2, 0.25) is 0 Å². The van der Waals surface area contributed by atoms with Crippen LogP contribution in [0.1, 0.15) is 17.5 Å². The lowest BCUT2D eigenvalue weighted by Gasteiger charge is -2.16. The minimum atomic E-state index is -0.911. The van der Waals surface area contributed by atoms with Crippen molar-refractivity contribution >= 4 is 29.3 Å². The van der Waals surface area contributed by atoms with Crippen LogP contribution in [0.3, 0.4) is 0 Å². The molecule has 30 heavy (non-hydrogen) atoms. The highest BCUT2D eigenvalue weighted by Gasteiger charge is 2.22. The molecule has 3 heterocycles. The zero-order valence-electron chi connectivity index (χ0n) is 16.3. The summed E-state index contributed by atoms with van der Waals surface area (Å²) in [4.78, 5) is 16.4. The molecule has 2 aliphatic rings. The fourth-order valence-corrected chi connectivity index (χ4v) is 3.77. The van der Waals surface area contributed by atoms with E-state index in [1.807, 2.05) is 37.3 Å². The molecule has 0 atom stereocenters. The fourth-order valence-electron chi connectivity index (χ4n) is 3.77. The molecule has 1 aromatic heterocycles. The van der Waals surface area contributed by atoms with Gasteiger partial charge in [-0.25, -0.2) is 4.98 Å². The first-order valence-electron chi connectivity index (χ1n) is 9.45. The van der Waals surface area contributed by atoms with E-state index in [0.717, 1.165) is 28.5 Å². The molecule has 0 saturated heterocycles. The number of hydrogen-bond donors (Lipinski definition) is 1. The highest BCUT2D eigenvalue weighted by atomic mass is 35.5. The summed E-state index contributed by atoms with van der Waals surface area (Å²) in [6.45, 7) is 3.27. The average molecular weight is 430 g/mol. The van der Waals surface area contributed by atoms with Crippen molar-refractivity contribution in [3.05, 3.63) is 41.5 Å². The summed E-state index contributed by atoms with van der Waals surface area (Å²) in [5.74, 6) is 1.70. The van der Waals surface area contributed by atoms with E-state index in [0.29, 0.717) is 47.5 Å². The topological polar surface area (TPSA) is 87.1 Å². The normalized spacial score (nSPS) is 14.2. The number of hydrogen-bond acceptors (Lipinski definition) is 6. The van der Waals surface area contributed by atoms with Crippen molar-refractivity contribution in [2.24, 2.45) is 0 Å². The lowest BCUT2D eigenvalue weighted by atomic mass is 9.95. The Kier molecular flexibility index (Phi) is 5.30.